The Morgan fingerprint density at radius 2 is 0.878 bits per heavy atom. The topological polar surface area (TPSA) is 9.86 Å². The van der Waals surface area contributed by atoms with Gasteiger partial charge in [-0.3, -0.25) is 0 Å². The van der Waals surface area contributed by atoms with Gasteiger partial charge in [0.2, 0.25) is 0 Å². The molecule has 8 aromatic rings. The van der Waals surface area contributed by atoms with E-state index >= 15 is 0 Å². The molecular formula is C37H26N2S2. The molecule has 0 N–H and O–H groups in total. The molecule has 4 heteroatoms. The molecule has 0 saturated heterocycles. The molecule has 10 rings (SSSR count). The summed E-state index contributed by atoms with van der Waals surface area (Å²) < 4.78 is 10.8. The molecule has 1 fully saturated rings. The van der Waals surface area contributed by atoms with Gasteiger partial charge in [0.15, 0.2) is 0 Å². The second-order valence-electron chi connectivity index (χ2n) is 11.6. The molecule has 5 heterocycles. The average Bonchev–Trinajstić information content (AvgIpc) is 3.83. The summed E-state index contributed by atoms with van der Waals surface area (Å²) in [6, 6.07) is 42.3. The molecule has 2 atom stereocenters. The van der Waals surface area contributed by atoms with E-state index in [4.69, 9.17) is 0 Å². The summed E-state index contributed by atoms with van der Waals surface area (Å²) >= 11 is 3.79. The van der Waals surface area contributed by atoms with Crippen LogP contribution in [-0.2, 0) is 0 Å². The van der Waals surface area contributed by atoms with Gasteiger partial charge >= 0.3 is 0 Å². The van der Waals surface area contributed by atoms with Crippen molar-refractivity contribution >= 4 is 63.0 Å². The Labute approximate surface area is 245 Å². The monoisotopic (exact) mass is 562 g/mol. The average molecular weight is 563 g/mol. The molecular weight excluding hydrogens is 537 g/mol. The molecule has 2 aliphatic rings. The van der Waals surface area contributed by atoms with Crippen LogP contribution in [0.25, 0.3) is 74.2 Å². The first kappa shape index (κ1) is 22.6. The van der Waals surface area contributed by atoms with E-state index in [0.717, 1.165) is 0 Å². The fourth-order valence-electron chi connectivity index (χ4n) is 7.79. The zero-order chi connectivity index (χ0) is 26.7. The van der Waals surface area contributed by atoms with Gasteiger partial charge < -0.3 is 9.13 Å². The maximum absolute atomic E-state index is 2.68. The van der Waals surface area contributed by atoms with Gasteiger partial charge in [0.05, 0.1) is 23.5 Å². The van der Waals surface area contributed by atoms with Gasteiger partial charge in [-0.25, -0.2) is 0 Å². The fourth-order valence-corrected chi connectivity index (χ4v) is 9.97. The van der Waals surface area contributed by atoms with Gasteiger partial charge in [-0.2, -0.15) is 0 Å². The first-order valence-electron chi connectivity index (χ1n) is 14.6. The van der Waals surface area contributed by atoms with Gasteiger partial charge in [0.25, 0.3) is 0 Å². The van der Waals surface area contributed by atoms with Gasteiger partial charge in [0, 0.05) is 51.7 Å². The number of hydrogen-bond donors (Lipinski definition) is 0. The number of nitrogens with zero attached hydrogens (tertiary/aromatic N) is 2. The molecule has 1 aliphatic heterocycles. The molecule has 0 amide bonds. The smallest absolute Gasteiger partial charge is 0.0656 e. The Balaban J connectivity index is 1.15. The Kier molecular flexibility index (Phi) is 4.52. The third-order valence-electron chi connectivity index (χ3n) is 9.55. The summed E-state index contributed by atoms with van der Waals surface area (Å²) in [4.78, 5) is 0. The third-order valence-corrected chi connectivity index (χ3v) is 11.9. The van der Waals surface area contributed by atoms with Gasteiger partial charge in [-0.15, -0.1) is 22.7 Å². The predicted octanol–water partition coefficient (Wildman–Crippen LogP) is 11.3. The molecule has 2 unspecified atom stereocenters. The van der Waals surface area contributed by atoms with Crippen molar-refractivity contribution in [3.8, 4) is 33.9 Å². The van der Waals surface area contributed by atoms with Crippen LogP contribution in [0.4, 0.5) is 0 Å². The first-order valence-corrected chi connectivity index (χ1v) is 16.2. The number of hydrogen-bond acceptors (Lipinski definition) is 2. The molecule has 4 aromatic carbocycles. The second-order valence-corrected chi connectivity index (χ2v) is 13.8. The summed E-state index contributed by atoms with van der Waals surface area (Å²) in [7, 11) is 0. The summed E-state index contributed by atoms with van der Waals surface area (Å²) in [5.41, 5.74) is 8.07. The summed E-state index contributed by atoms with van der Waals surface area (Å²) in [5, 5.41) is 5.48. The quantitative estimate of drug-likeness (QED) is 0.198. The van der Waals surface area contributed by atoms with Crippen molar-refractivity contribution in [1.29, 1.82) is 0 Å². The maximum Gasteiger partial charge on any atom is 0.0656 e. The third kappa shape index (κ3) is 3.07. The van der Waals surface area contributed by atoms with Crippen molar-refractivity contribution in [1.82, 2.24) is 9.13 Å². The molecule has 0 spiro atoms. The van der Waals surface area contributed by atoms with Gasteiger partial charge in [0.1, 0.15) is 0 Å². The Morgan fingerprint density at radius 3 is 1.39 bits per heavy atom. The fraction of sp³-hybridized carbons (Fsp3) is 0.135. The lowest BCUT2D eigenvalue weighted by Gasteiger charge is -2.35. The van der Waals surface area contributed by atoms with Crippen molar-refractivity contribution in [2.45, 2.75) is 31.3 Å². The van der Waals surface area contributed by atoms with Crippen molar-refractivity contribution in [3.05, 3.63) is 109 Å². The zero-order valence-corrected chi connectivity index (χ0v) is 24.0. The lowest BCUT2D eigenvalue weighted by Crippen LogP contribution is -2.25. The SMILES string of the molecule is c1ccc2c(c1)sc1ccc(-c3ccc4n3C3CCCC3n3c(-c5ccc6sc7ccccc7c6c5)ccc3-4)cc12. The van der Waals surface area contributed by atoms with Crippen LogP contribution in [0.5, 0.6) is 0 Å². The Morgan fingerprint density at radius 1 is 0.439 bits per heavy atom. The number of fused-ring (bicyclic) bond motifs is 12. The molecule has 4 aromatic heterocycles. The predicted molar refractivity (Wildman–Crippen MR) is 176 cm³/mol. The number of benzene rings is 4. The molecule has 0 radical (unpaired) electrons. The minimum Gasteiger partial charge on any atom is -0.334 e. The number of rotatable bonds is 2. The van der Waals surface area contributed by atoms with Crippen molar-refractivity contribution in [2.75, 3.05) is 0 Å². The van der Waals surface area contributed by atoms with E-state index in [1.165, 1.54) is 93.5 Å². The molecule has 196 valence electrons. The zero-order valence-electron chi connectivity index (χ0n) is 22.4. The van der Waals surface area contributed by atoms with E-state index in [1.807, 2.05) is 22.7 Å². The Hall–Kier alpha value is -4.12. The van der Waals surface area contributed by atoms with Crippen LogP contribution in [-0.4, -0.2) is 9.13 Å². The first-order chi connectivity index (χ1) is 20.3. The van der Waals surface area contributed by atoms with Crippen LogP contribution >= 0.6 is 22.7 Å². The van der Waals surface area contributed by atoms with Crippen molar-refractivity contribution in [3.63, 3.8) is 0 Å². The van der Waals surface area contributed by atoms with E-state index in [2.05, 4.69) is 118 Å². The van der Waals surface area contributed by atoms with E-state index < -0.39 is 0 Å². The highest BCUT2D eigenvalue weighted by atomic mass is 32.1. The van der Waals surface area contributed by atoms with Crippen LogP contribution in [0.3, 0.4) is 0 Å². The van der Waals surface area contributed by atoms with Crippen molar-refractivity contribution in [2.24, 2.45) is 0 Å². The van der Waals surface area contributed by atoms with Crippen LogP contribution in [0.1, 0.15) is 31.3 Å². The molecule has 41 heavy (non-hydrogen) atoms. The summed E-state index contributed by atoms with van der Waals surface area (Å²) in [5.74, 6) is 0. The lowest BCUT2D eigenvalue weighted by molar-refractivity contribution is 0.366. The van der Waals surface area contributed by atoms with Crippen LogP contribution < -0.4 is 0 Å². The minimum atomic E-state index is 0.481. The highest BCUT2D eigenvalue weighted by molar-refractivity contribution is 7.26. The maximum atomic E-state index is 2.68. The minimum absolute atomic E-state index is 0.481. The van der Waals surface area contributed by atoms with Crippen LogP contribution in [0.15, 0.2) is 109 Å². The summed E-state index contributed by atoms with van der Waals surface area (Å²) in [6.45, 7) is 0. The highest BCUT2D eigenvalue weighted by Crippen LogP contribution is 2.52. The second kappa shape index (κ2) is 8.22. The van der Waals surface area contributed by atoms with E-state index in [1.54, 1.807) is 0 Å². The molecule has 2 nitrogen and oxygen atoms in total. The highest BCUT2D eigenvalue weighted by Gasteiger charge is 2.39. The van der Waals surface area contributed by atoms with E-state index in [-0.39, 0.29) is 0 Å². The van der Waals surface area contributed by atoms with E-state index in [0.29, 0.717) is 12.1 Å². The van der Waals surface area contributed by atoms with Crippen LogP contribution in [0.2, 0.25) is 0 Å². The number of thiophene rings is 2. The molecule has 1 aliphatic carbocycles. The van der Waals surface area contributed by atoms with Crippen LogP contribution in [0, 0.1) is 0 Å². The van der Waals surface area contributed by atoms with Gasteiger partial charge in [-0.05, 0) is 91.1 Å². The molecule has 0 bridgehead atoms. The standard InChI is InChI=1S/C37H26N2S2/c1-3-10-34-24(6-1)26-20-22(12-18-36(26)40-34)28-14-16-32-33-17-15-29(39(33)31-9-5-8-30(31)38(28)32)23-13-19-37-27(21-23)25-7-2-4-11-35(25)41-37/h1-4,6-7,10-21,30-31H,5,8-9H2. The lowest BCUT2D eigenvalue weighted by atomic mass is 10.0. The number of aromatic nitrogens is 2. The summed E-state index contributed by atoms with van der Waals surface area (Å²) in [6.07, 6.45) is 3.73. The molecule has 1 saturated carbocycles. The Bertz CT molecular complexity index is 2160. The van der Waals surface area contributed by atoms with E-state index in [9.17, 15) is 0 Å². The largest absolute Gasteiger partial charge is 0.334 e. The normalized spacial score (nSPS) is 18.0. The van der Waals surface area contributed by atoms with Crippen molar-refractivity contribution < 1.29 is 0 Å². The van der Waals surface area contributed by atoms with Gasteiger partial charge in [-0.1, -0.05) is 48.5 Å².